The molecule has 0 aromatic carbocycles. The van der Waals surface area contributed by atoms with E-state index in [2.05, 4.69) is 21.3 Å². The average Bonchev–Trinajstić information content (AvgIpc) is 3.22. The van der Waals surface area contributed by atoms with Crippen LogP contribution in [-0.4, -0.2) is 183 Å². The van der Waals surface area contributed by atoms with Gasteiger partial charge < -0.3 is 84.2 Å². The van der Waals surface area contributed by atoms with Crippen molar-refractivity contribution in [1.29, 1.82) is 0 Å². The number of carbonyl (C=O) groups excluding carboxylic acids is 9. The topological polar surface area (TPSA) is 426 Å². The number of carboxylic acid groups (broad SMARTS) is 1. The Bertz CT molecular complexity index is 1640. The number of nitrogens with two attached hydrogens (primary N) is 1. The normalized spacial score (nSPS) is 27.8. The Kier molecular flexibility index (Phi) is 21.0. The molecule has 1 saturated heterocycles. The van der Waals surface area contributed by atoms with Crippen molar-refractivity contribution in [1.82, 2.24) is 47.9 Å². The van der Waals surface area contributed by atoms with Crippen LogP contribution in [0.15, 0.2) is 0 Å². The van der Waals surface area contributed by atoms with Crippen LogP contribution < -0.4 is 53.6 Å². The van der Waals surface area contributed by atoms with Crippen LogP contribution >= 0.6 is 0 Å². The Morgan fingerprint density at radius 1 is 0.694 bits per heavy atom. The lowest BCUT2D eigenvalue weighted by Gasteiger charge is -2.31. The number of primary amides is 1. The number of rotatable bonds is 13. The van der Waals surface area contributed by atoms with E-state index in [0.717, 1.165) is 39.0 Å². The smallest absolute Gasteiger partial charge is 0.336 e. The van der Waals surface area contributed by atoms with Crippen LogP contribution in [-0.2, 0) is 47.9 Å². The summed E-state index contributed by atoms with van der Waals surface area (Å²) in [5.41, 5.74) is 5.07. The molecule has 11 atom stereocenters. The summed E-state index contributed by atoms with van der Waals surface area (Å²) in [6.45, 7) is 2.87. The average molecular weight is 889 g/mol. The second kappa shape index (κ2) is 24.8. The van der Waals surface area contributed by atoms with E-state index in [1.54, 1.807) is 5.32 Å². The van der Waals surface area contributed by atoms with Crippen molar-refractivity contribution in [3.63, 3.8) is 0 Å². The second-order valence-electron chi connectivity index (χ2n) is 15.5. The molecule has 2 fully saturated rings. The zero-order chi connectivity index (χ0) is 47.0. The molecule has 1 saturated carbocycles. The van der Waals surface area contributed by atoms with E-state index in [1.807, 2.05) is 21.3 Å². The van der Waals surface area contributed by atoms with Gasteiger partial charge in [-0.15, -0.1) is 0 Å². The van der Waals surface area contributed by atoms with Crippen LogP contribution in [0.1, 0.15) is 59.8 Å². The van der Waals surface area contributed by atoms with Crippen molar-refractivity contribution in [2.75, 3.05) is 26.2 Å². The van der Waals surface area contributed by atoms with Gasteiger partial charge >= 0.3 is 5.97 Å². The highest BCUT2D eigenvalue weighted by molar-refractivity contribution is 6.06. The minimum absolute atomic E-state index is 0.331. The van der Waals surface area contributed by atoms with Crippen molar-refractivity contribution in [2.45, 2.75) is 127 Å². The standard InChI is InChI=1S/C36H60N10O16/c1-14(2)21-33(58)45-23(25(50)26(51)27(37)52)34(59)44-22(16(4)48)32(57)40-12-20(49)31(56)46-24(36(61)62)35(60)41-18(29(54)42-19(13-47)30(55)43-21)11-39-28(53)15(3)38-10-17-8-6-5-7-9-17/h14-26,38,47-51H,5-13H2,1-4H3,(H2,37,52)(H,39,53)(H,40,57)(H,41,60)(H,42,54)(H,43,55)(H,44,59)(H,45,58)(H,46,56)(H,61,62). The molecule has 1 aliphatic heterocycles. The third-order valence-corrected chi connectivity index (χ3v) is 10.2. The fourth-order valence-electron chi connectivity index (χ4n) is 6.33. The fraction of sp³-hybridized carbons (Fsp3) is 0.722. The van der Waals surface area contributed by atoms with Crippen LogP contribution in [0.25, 0.3) is 0 Å². The number of aliphatic hydroxyl groups excluding tert-OH is 5. The third kappa shape index (κ3) is 15.7. The first-order valence-corrected chi connectivity index (χ1v) is 20.0. The molecule has 26 heteroatoms. The van der Waals surface area contributed by atoms with Crippen molar-refractivity contribution in [3.8, 4) is 0 Å². The summed E-state index contributed by atoms with van der Waals surface area (Å²) in [5.74, 6) is -14.6. The van der Waals surface area contributed by atoms with E-state index in [0.29, 0.717) is 12.5 Å². The first kappa shape index (κ1) is 52.6. The van der Waals surface area contributed by atoms with Gasteiger partial charge in [-0.1, -0.05) is 33.1 Å². The van der Waals surface area contributed by atoms with Gasteiger partial charge in [0.2, 0.25) is 47.4 Å². The van der Waals surface area contributed by atoms with Gasteiger partial charge in [0.1, 0.15) is 42.4 Å². The zero-order valence-corrected chi connectivity index (χ0v) is 34.7. The van der Waals surface area contributed by atoms with E-state index < -0.39 is 151 Å². The monoisotopic (exact) mass is 888 g/mol. The summed E-state index contributed by atoms with van der Waals surface area (Å²) >= 11 is 0. The largest absolute Gasteiger partial charge is 0.479 e. The molecule has 62 heavy (non-hydrogen) atoms. The van der Waals surface area contributed by atoms with Gasteiger partial charge in [-0.05, 0) is 45.1 Å². The molecule has 0 aromatic rings. The molecule has 0 spiro atoms. The maximum Gasteiger partial charge on any atom is 0.336 e. The van der Waals surface area contributed by atoms with E-state index in [4.69, 9.17) is 5.73 Å². The molecule has 1 aliphatic carbocycles. The van der Waals surface area contributed by atoms with Gasteiger partial charge in [-0.25, -0.2) is 4.79 Å². The van der Waals surface area contributed by atoms with Crippen LogP contribution in [0.3, 0.4) is 0 Å². The van der Waals surface area contributed by atoms with Gasteiger partial charge in [0.05, 0.1) is 25.3 Å². The maximum absolute atomic E-state index is 13.7. The van der Waals surface area contributed by atoms with Gasteiger partial charge in [-0.2, -0.15) is 0 Å². The first-order valence-electron chi connectivity index (χ1n) is 20.0. The van der Waals surface area contributed by atoms with Crippen LogP contribution in [0, 0.1) is 11.8 Å². The van der Waals surface area contributed by atoms with Crippen molar-refractivity contribution >= 4 is 59.1 Å². The number of hydrogen-bond acceptors (Lipinski definition) is 16. The Morgan fingerprint density at radius 2 is 1.24 bits per heavy atom. The maximum atomic E-state index is 13.7. The highest BCUT2D eigenvalue weighted by atomic mass is 16.4. The second-order valence-corrected chi connectivity index (χ2v) is 15.5. The Hall–Kier alpha value is -5.54. The van der Waals surface area contributed by atoms with Gasteiger partial charge in [0.15, 0.2) is 6.10 Å². The van der Waals surface area contributed by atoms with Crippen LogP contribution in [0.2, 0.25) is 0 Å². The molecule has 26 nitrogen and oxygen atoms in total. The first-order chi connectivity index (χ1) is 29.0. The molecular weight excluding hydrogens is 828 g/mol. The Morgan fingerprint density at radius 3 is 1.79 bits per heavy atom. The van der Waals surface area contributed by atoms with Crippen molar-refractivity contribution < 1.29 is 78.6 Å². The molecule has 17 N–H and O–H groups in total. The minimum Gasteiger partial charge on any atom is -0.479 e. The predicted octanol–water partition coefficient (Wildman–Crippen LogP) is -8.62. The van der Waals surface area contributed by atoms with Gasteiger partial charge in [0, 0.05) is 6.54 Å². The van der Waals surface area contributed by atoms with E-state index in [1.165, 1.54) is 20.8 Å². The molecule has 0 radical (unpaired) electrons. The van der Waals surface area contributed by atoms with E-state index in [-0.39, 0.29) is 0 Å². The molecule has 350 valence electrons. The number of carboxylic acids is 1. The SMILES string of the molecule is CC(NCC1CCCCC1)C(=O)NCC1NC(=O)C(C(=O)O)NC(=O)C(O)CNC(=O)C(C(C)O)NC(=O)C(C(O)C(O)C(N)=O)NC(=O)C(C(C)C)NC(=O)C(CO)NC1=O. The molecular formula is C36H60N10O16. The number of aliphatic hydroxyl groups is 5. The number of β-amino-alcohol motifs (C(OH)–C–C–N with tert-alkyl or cyclic N) is 1. The number of amides is 9. The molecule has 2 aliphatic rings. The molecule has 9 amide bonds. The quantitative estimate of drug-likeness (QED) is 0.0764. The summed E-state index contributed by atoms with van der Waals surface area (Å²) in [6, 6.07) is -13.2. The van der Waals surface area contributed by atoms with Crippen molar-refractivity contribution in [2.24, 2.45) is 17.6 Å². The highest BCUT2D eigenvalue weighted by Crippen LogP contribution is 2.22. The zero-order valence-electron chi connectivity index (χ0n) is 34.7. The molecule has 1 heterocycles. The molecule has 2 rings (SSSR count). The summed E-state index contributed by atoms with van der Waals surface area (Å²) in [4.78, 5) is 130. The Labute approximate surface area is 355 Å². The predicted molar refractivity (Wildman–Crippen MR) is 210 cm³/mol. The van der Waals surface area contributed by atoms with E-state index >= 15 is 0 Å². The lowest BCUT2D eigenvalue weighted by atomic mass is 9.89. The summed E-state index contributed by atoms with van der Waals surface area (Å²) in [5, 5.41) is 81.4. The van der Waals surface area contributed by atoms with Gasteiger partial charge in [-0.3, -0.25) is 43.2 Å². The Balaban J connectivity index is 2.56. The van der Waals surface area contributed by atoms with Crippen LogP contribution in [0.5, 0.6) is 0 Å². The summed E-state index contributed by atoms with van der Waals surface area (Å²) in [7, 11) is 0. The fourth-order valence-corrected chi connectivity index (χ4v) is 6.33. The van der Waals surface area contributed by atoms with Crippen LogP contribution in [0.4, 0.5) is 0 Å². The molecule has 0 aromatic heterocycles. The molecule has 0 bridgehead atoms. The number of hydrogen-bond donors (Lipinski definition) is 16. The number of nitrogens with one attached hydrogen (secondary N) is 9. The van der Waals surface area contributed by atoms with Crippen molar-refractivity contribution in [3.05, 3.63) is 0 Å². The summed E-state index contributed by atoms with van der Waals surface area (Å²) < 4.78 is 0. The number of carbonyl (C=O) groups is 10. The van der Waals surface area contributed by atoms with Gasteiger partial charge in [0.25, 0.3) is 11.8 Å². The molecule has 11 unspecified atom stereocenters. The summed E-state index contributed by atoms with van der Waals surface area (Å²) in [6.07, 6.45) is -4.01. The third-order valence-electron chi connectivity index (χ3n) is 10.2. The number of aliphatic carboxylic acids is 1. The highest BCUT2D eigenvalue weighted by Gasteiger charge is 2.41. The lowest BCUT2D eigenvalue weighted by Crippen LogP contribution is -2.66. The lowest BCUT2D eigenvalue weighted by molar-refractivity contribution is -0.148. The van der Waals surface area contributed by atoms with E-state index in [9.17, 15) is 78.6 Å². The minimum atomic E-state index is -2.53.